The van der Waals surface area contributed by atoms with E-state index >= 15 is 0 Å². The number of nitrogens with two attached hydrogens (primary N) is 1. The summed E-state index contributed by atoms with van der Waals surface area (Å²) >= 11 is 0. The SMILES string of the molecule is CC[C@H](N)C(=O)N1CCC(NC(=O)C(C)C)CC1.Cl. The molecular weight excluding hydrogens is 266 g/mol. The lowest BCUT2D eigenvalue weighted by Gasteiger charge is -2.34. The van der Waals surface area contributed by atoms with Crippen molar-refractivity contribution in [2.24, 2.45) is 11.7 Å². The van der Waals surface area contributed by atoms with Crippen LogP contribution in [0, 0.1) is 5.92 Å². The molecule has 0 aliphatic carbocycles. The molecule has 0 unspecified atom stereocenters. The van der Waals surface area contributed by atoms with Gasteiger partial charge in [0.05, 0.1) is 6.04 Å². The Hall–Kier alpha value is -0.810. The number of carbonyl (C=O) groups excluding carboxylic acids is 2. The molecule has 0 aromatic carbocycles. The third-order valence-electron chi connectivity index (χ3n) is 3.43. The third kappa shape index (κ3) is 5.37. The van der Waals surface area contributed by atoms with E-state index in [0.29, 0.717) is 19.5 Å². The van der Waals surface area contributed by atoms with Gasteiger partial charge in [-0.15, -0.1) is 12.4 Å². The Bertz CT molecular complexity index is 302. The number of likely N-dealkylation sites (tertiary alicyclic amines) is 1. The van der Waals surface area contributed by atoms with E-state index in [9.17, 15) is 9.59 Å². The minimum atomic E-state index is -0.383. The van der Waals surface area contributed by atoms with Gasteiger partial charge in [0.25, 0.3) is 0 Å². The number of nitrogens with zero attached hydrogens (tertiary/aromatic N) is 1. The lowest BCUT2D eigenvalue weighted by atomic mass is 10.0. The Labute approximate surface area is 121 Å². The van der Waals surface area contributed by atoms with Crippen molar-refractivity contribution in [2.75, 3.05) is 13.1 Å². The molecule has 1 rings (SSSR count). The maximum atomic E-state index is 11.9. The fourth-order valence-corrected chi connectivity index (χ4v) is 2.02. The average Bonchev–Trinajstić information content (AvgIpc) is 2.37. The Morgan fingerprint density at radius 1 is 1.32 bits per heavy atom. The van der Waals surface area contributed by atoms with Gasteiger partial charge in [-0.25, -0.2) is 0 Å². The van der Waals surface area contributed by atoms with Gasteiger partial charge in [0.2, 0.25) is 11.8 Å². The van der Waals surface area contributed by atoms with Gasteiger partial charge in [0.1, 0.15) is 0 Å². The predicted molar refractivity (Wildman–Crippen MR) is 78.1 cm³/mol. The molecule has 2 amide bonds. The number of piperidine rings is 1. The fraction of sp³-hybridized carbons (Fsp3) is 0.846. The maximum Gasteiger partial charge on any atom is 0.239 e. The summed E-state index contributed by atoms with van der Waals surface area (Å²) in [5, 5.41) is 3.01. The summed E-state index contributed by atoms with van der Waals surface area (Å²) in [4.78, 5) is 25.3. The molecule has 1 atom stereocenters. The Balaban J connectivity index is 0.00000324. The molecule has 6 heteroatoms. The van der Waals surface area contributed by atoms with Crippen LogP contribution in [-0.4, -0.2) is 41.9 Å². The van der Waals surface area contributed by atoms with Crippen LogP contribution in [0.2, 0.25) is 0 Å². The minimum absolute atomic E-state index is 0. The Morgan fingerprint density at radius 2 is 1.84 bits per heavy atom. The predicted octanol–water partition coefficient (Wildman–Crippen LogP) is 0.909. The summed E-state index contributed by atoms with van der Waals surface area (Å²) in [6.45, 7) is 7.06. The summed E-state index contributed by atoms with van der Waals surface area (Å²) < 4.78 is 0. The van der Waals surface area contributed by atoms with Crippen molar-refractivity contribution in [2.45, 2.75) is 52.1 Å². The number of hydrogen-bond donors (Lipinski definition) is 2. The topological polar surface area (TPSA) is 75.4 Å². The van der Waals surface area contributed by atoms with Gasteiger partial charge >= 0.3 is 0 Å². The molecule has 5 nitrogen and oxygen atoms in total. The number of rotatable bonds is 4. The fourth-order valence-electron chi connectivity index (χ4n) is 2.02. The van der Waals surface area contributed by atoms with Crippen molar-refractivity contribution in [3.8, 4) is 0 Å². The molecule has 3 N–H and O–H groups in total. The summed E-state index contributed by atoms with van der Waals surface area (Å²) in [7, 11) is 0. The van der Waals surface area contributed by atoms with Crippen LogP contribution in [-0.2, 0) is 9.59 Å². The first-order chi connectivity index (χ1) is 8.45. The van der Waals surface area contributed by atoms with Gasteiger partial charge in [0, 0.05) is 25.0 Å². The molecule has 1 fully saturated rings. The zero-order valence-corrected chi connectivity index (χ0v) is 12.8. The molecule has 1 saturated heterocycles. The highest BCUT2D eigenvalue weighted by molar-refractivity contribution is 5.85. The van der Waals surface area contributed by atoms with Crippen LogP contribution in [0.15, 0.2) is 0 Å². The molecule has 1 heterocycles. The zero-order chi connectivity index (χ0) is 13.7. The monoisotopic (exact) mass is 291 g/mol. The van der Waals surface area contributed by atoms with Crippen molar-refractivity contribution in [1.29, 1.82) is 0 Å². The lowest BCUT2D eigenvalue weighted by Crippen LogP contribution is -2.51. The van der Waals surface area contributed by atoms with Gasteiger partial charge < -0.3 is 16.0 Å². The number of amides is 2. The van der Waals surface area contributed by atoms with Crippen molar-refractivity contribution in [1.82, 2.24) is 10.2 Å². The van der Waals surface area contributed by atoms with Gasteiger partial charge in [-0.2, -0.15) is 0 Å². The van der Waals surface area contributed by atoms with Gasteiger partial charge in [0.15, 0.2) is 0 Å². The van der Waals surface area contributed by atoms with Gasteiger partial charge in [-0.1, -0.05) is 20.8 Å². The van der Waals surface area contributed by atoms with Crippen LogP contribution in [0.25, 0.3) is 0 Å². The average molecular weight is 292 g/mol. The molecule has 0 spiro atoms. The largest absolute Gasteiger partial charge is 0.353 e. The van der Waals surface area contributed by atoms with E-state index in [4.69, 9.17) is 5.73 Å². The van der Waals surface area contributed by atoms with Crippen LogP contribution >= 0.6 is 12.4 Å². The molecular formula is C13H26ClN3O2. The minimum Gasteiger partial charge on any atom is -0.353 e. The van der Waals surface area contributed by atoms with E-state index < -0.39 is 0 Å². The third-order valence-corrected chi connectivity index (χ3v) is 3.43. The van der Waals surface area contributed by atoms with Crippen LogP contribution in [0.4, 0.5) is 0 Å². The molecule has 112 valence electrons. The second-order valence-corrected chi connectivity index (χ2v) is 5.28. The summed E-state index contributed by atoms with van der Waals surface area (Å²) in [6, 6.07) is -0.186. The van der Waals surface area contributed by atoms with Crippen LogP contribution in [0.5, 0.6) is 0 Å². The highest BCUT2D eigenvalue weighted by atomic mass is 35.5. The zero-order valence-electron chi connectivity index (χ0n) is 12.0. The first-order valence-corrected chi connectivity index (χ1v) is 6.80. The van der Waals surface area contributed by atoms with Crippen LogP contribution < -0.4 is 11.1 Å². The lowest BCUT2D eigenvalue weighted by molar-refractivity contribution is -0.134. The number of halogens is 1. The molecule has 0 aromatic heterocycles. The van der Waals surface area contributed by atoms with Crippen LogP contribution in [0.1, 0.15) is 40.0 Å². The van der Waals surface area contributed by atoms with E-state index in [1.165, 1.54) is 0 Å². The molecule has 1 aliphatic rings. The second kappa shape index (κ2) is 8.38. The molecule has 1 aliphatic heterocycles. The summed E-state index contributed by atoms with van der Waals surface area (Å²) in [6.07, 6.45) is 2.31. The number of carbonyl (C=O) groups is 2. The molecule has 19 heavy (non-hydrogen) atoms. The highest BCUT2D eigenvalue weighted by Gasteiger charge is 2.26. The first-order valence-electron chi connectivity index (χ1n) is 6.80. The molecule has 0 radical (unpaired) electrons. The first kappa shape index (κ1) is 18.2. The summed E-state index contributed by atoms with van der Waals surface area (Å²) in [5.41, 5.74) is 5.74. The number of nitrogens with one attached hydrogen (secondary N) is 1. The van der Waals surface area contributed by atoms with Gasteiger partial charge in [-0.3, -0.25) is 9.59 Å². The van der Waals surface area contributed by atoms with E-state index in [1.54, 1.807) is 0 Å². The van der Waals surface area contributed by atoms with Gasteiger partial charge in [-0.05, 0) is 19.3 Å². The normalized spacial score (nSPS) is 17.8. The van der Waals surface area contributed by atoms with E-state index in [-0.39, 0.29) is 42.2 Å². The highest BCUT2D eigenvalue weighted by Crippen LogP contribution is 2.12. The van der Waals surface area contributed by atoms with E-state index in [0.717, 1.165) is 12.8 Å². The smallest absolute Gasteiger partial charge is 0.239 e. The Morgan fingerprint density at radius 3 is 2.26 bits per heavy atom. The van der Waals surface area contributed by atoms with Crippen LogP contribution in [0.3, 0.4) is 0 Å². The molecule has 0 saturated carbocycles. The Kier molecular flexibility index (Phi) is 8.02. The summed E-state index contributed by atoms with van der Waals surface area (Å²) in [5.74, 6) is 0.134. The second-order valence-electron chi connectivity index (χ2n) is 5.28. The van der Waals surface area contributed by atoms with Crippen molar-refractivity contribution >= 4 is 24.2 Å². The van der Waals surface area contributed by atoms with Crippen molar-refractivity contribution < 1.29 is 9.59 Å². The standard InChI is InChI=1S/C13H25N3O2.ClH/c1-4-11(14)13(18)16-7-5-10(6-8-16)15-12(17)9(2)3;/h9-11H,4-8,14H2,1-3H3,(H,15,17);1H/t11-;/m0./s1. The van der Waals surface area contributed by atoms with E-state index in [2.05, 4.69) is 5.32 Å². The molecule has 0 bridgehead atoms. The molecule has 0 aromatic rings. The van der Waals surface area contributed by atoms with Crippen molar-refractivity contribution in [3.05, 3.63) is 0 Å². The van der Waals surface area contributed by atoms with E-state index in [1.807, 2.05) is 25.7 Å². The van der Waals surface area contributed by atoms with Crippen molar-refractivity contribution in [3.63, 3.8) is 0 Å². The number of hydrogen-bond acceptors (Lipinski definition) is 3. The maximum absolute atomic E-state index is 11.9. The quantitative estimate of drug-likeness (QED) is 0.808.